The smallest absolute Gasteiger partial charge is 0.271 e. The molecule has 0 bridgehead atoms. The Balaban J connectivity index is 1.50. The fraction of sp³-hybridized carbons (Fsp3) is 0.643. The molecule has 0 aromatic carbocycles. The van der Waals surface area contributed by atoms with Crippen LogP contribution >= 0.6 is 0 Å². The molecule has 1 aromatic rings. The van der Waals surface area contributed by atoms with E-state index in [-0.39, 0.29) is 17.6 Å². The molecule has 2 fully saturated rings. The molecule has 7 nitrogen and oxygen atoms in total. The predicted molar refractivity (Wildman–Crippen MR) is 74.9 cm³/mol. The van der Waals surface area contributed by atoms with Gasteiger partial charge in [-0.2, -0.15) is 0 Å². The molecule has 2 aliphatic rings. The maximum absolute atomic E-state index is 11.9. The highest BCUT2D eigenvalue weighted by molar-refractivity contribution is 5.91. The van der Waals surface area contributed by atoms with Gasteiger partial charge in [0.15, 0.2) is 0 Å². The van der Waals surface area contributed by atoms with Crippen molar-refractivity contribution in [3.63, 3.8) is 0 Å². The van der Waals surface area contributed by atoms with Crippen LogP contribution in [0, 0.1) is 0 Å². The van der Waals surface area contributed by atoms with E-state index >= 15 is 0 Å². The monoisotopic (exact) mass is 292 g/mol. The van der Waals surface area contributed by atoms with Crippen molar-refractivity contribution in [1.82, 2.24) is 20.6 Å². The van der Waals surface area contributed by atoms with Crippen molar-refractivity contribution in [1.29, 1.82) is 0 Å². The van der Waals surface area contributed by atoms with Crippen molar-refractivity contribution in [2.24, 2.45) is 0 Å². The minimum Gasteiger partial charge on any atom is -0.377 e. The van der Waals surface area contributed by atoms with Gasteiger partial charge < -0.3 is 20.1 Å². The molecule has 1 spiro atoms. The molecular formula is C14H20N4O3. The third-order valence-corrected chi connectivity index (χ3v) is 3.86. The van der Waals surface area contributed by atoms with Crippen molar-refractivity contribution in [2.75, 3.05) is 32.8 Å². The van der Waals surface area contributed by atoms with Gasteiger partial charge in [-0.1, -0.05) is 0 Å². The van der Waals surface area contributed by atoms with Gasteiger partial charge in [0.2, 0.25) is 0 Å². The quantitative estimate of drug-likeness (QED) is 0.799. The number of amides is 1. The second kappa shape index (κ2) is 6.46. The molecule has 0 unspecified atom stereocenters. The first kappa shape index (κ1) is 14.4. The highest BCUT2D eigenvalue weighted by atomic mass is 16.6. The van der Waals surface area contributed by atoms with Crippen LogP contribution in [0.2, 0.25) is 0 Å². The molecule has 3 rings (SSSR count). The van der Waals surface area contributed by atoms with Gasteiger partial charge in [0.05, 0.1) is 25.5 Å². The zero-order valence-corrected chi connectivity index (χ0v) is 11.9. The molecule has 2 saturated heterocycles. The minimum atomic E-state index is -0.238. The number of rotatable bonds is 3. The minimum absolute atomic E-state index is 0.0223. The van der Waals surface area contributed by atoms with Crippen LogP contribution in [0.4, 0.5) is 0 Å². The van der Waals surface area contributed by atoms with Gasteiger partial charge in [-0.25, -0.2) is 4.98 Å². The normalized spacial score (nSPS) is 29.2. The van der Waals surface area contributed by atoms with Crippen LogP contribution in [0.25, 0.3) is 0 Å². The van der Waals surface area contributed by atoms with Gasteiger partial charge in [-0.15, -0.1) is 0 Å². The lowest BCUT2D eigenvalue weighted by molar-refractivity contribution is -0.0764. The fourth-order valence-corrected chi connectivity index (χ4v) is 2.76. The van der Waals surface area contributed by atoms with Crippen LogP contribution in [0.3, 0.4) is 0 Å². The lowest BCUT2D eigenvalue weighted by atomic mass is 10.0. The maximum Gasteiger partial charge on any atom is 0.271 e. The number of hydrogen-bond donors (Lipinski definition) is 2. The second-order valence-electron chi connectivity index (χ2n) is 5.49. The van der Waals surface area contributed by atoms with E-state index in [0.29, 0.717) is 18.8 Å². The van der Waals surface area contributed by atoms with Crippen LogP contribution in [0.1, 0.15) is 23.3 Å². The van der Waals surface area contributed by atoms with E-state index in [4.69, 9.17) is 9.47 Å². The molecule has 0 radical (unpaired) electrons. The zero-order chi connectivity index (χ0) is 14.5. The molecular weight excluding hydrogens is 272 g/mol. The van der Waals surface area contributed by atoms with Crippen molar-refractivity contribution in [3.8, 4) is 0 Å². The summed E-state index contributed by atoms with van der Waals surface area (Å²) in [4.78, 5) is 19.8. The molecule has 7 heteroatoms. The zero-order valence-electron chi connectivity index (χ0n) is 11.9. The van der Waals surface area contributed by atoms with E-state index < -0.39 is 0 Å². The lowest BCUT2D eigenvalue weighted by Crippen LogP contribution is -2.43. The summed E-state index contributed by atoms with van der Waals surface area (Å²) in [5.41, 5.74) is 0.0861. The van der Waals surface area contributed by atoms with Gasteiger partial charge in [0, 0.05) is 32.0 Å². The Morgan fingerprint density at radius 2 is 2.48 bits per heavy atom. The van der Waals surface area contributed by atoms with Gasteiger partial charge in [0.25, 0.3) is 5.91 Å². The van der Waals surface area contributed by atoms with E-state index in [9.17, 15) is 4.79 Å². The van der Waals surface area contributed by atoms with Gasteiger partial charge in [0.1, 0.15) is 11.3 Å². The number of carbonyl (C=O) groups is 1. The fourth-order valence-electron chi connectivity index (χ4n) is 2.76. The van der Waals surface area contributed by atoms with Crippen LogP contribution < -0.4 is 10.6 Å². The Morgan fingerprint density at radius 3 is 3.33 bits per heavy atom. The molecule has 1 aromatic heterocycles. The molecule has 2 N–H and O–H groups in total. The van der Waals surface area contributed by atoms with Crippen molar-refractivity contribution >= 4 is 5.91 Å². The first-order valence-electron chi connectivity index (χ1n) is 7.28. The Labute approximate surface area is 123 Å². The van der Waals surface area contributed by atoms with Crippen LogP contribution in [0.5, 0.6) is 0 Å². The van der Waals surface area contributed by atoms with Crippen molar-refractivity contribution in [2.45, 2.75) is 24.5 Å². The summed E-state index contributed by atoms with van der Waals surface area (Å²) >= 11 is 0. The van der Waals surface area contributed by atoms with E-state index in [1.807, 2.05) is 0 Å². The van der Waals surface area contributed by atoms with Crippen molar-refractivity contribution in [3.05, 3.63) is 24.3 Å². The summed E-state index contributed by atoms with van der Waals surface area (Å²) in [6, 6.07) is 0. The van der Waals surface area contributed by atoms with Gasteiger partial charge in [-0.05, 0) is 12.8 Å². The van der Waals surface area contributed by atoms with Gasteiger partial charge in [-0.3, -0.25) is 9.78 Å². The highest BCUT2D eigenvalue weighted by Crippen LogP contribution is 2.30. The molecule has 2 atom stereocenters. The molecule has 1 amide bonds. The Bertz CT molecular complexity index is 474. The van der Waals surface area contributed by atoms with E-state index in [1.165, 1.54) is 12.4 Å². The standard InChI is InChI=1S/C14H20N4O3/c19-13(12-8-15-3-4-17-12)18-7-11-1-2-14(21-11)9-16-5-6-20-10-14/h3-4,8,11,16H,1-2,5-7,9-10H2,(H,18,19)/t11-,14+/m1/s1. The summed E-state index contributed by atoms with van der Waals surface area (Å²) in [7, 11) is 0. The van der Waals surface area contributed by atoms with E-state index in [2.05, 4.69) is 20.6 Å². The number of carbonyl (C=O) groups excluding carboxylic acids is 1. The summed E-state index contributed by atoms with van der Waals surface area (Å²) in [5, 5.41) is 6.19. The van der Waals surface area contributed by atoms with Crippen LogP contribution in [-0.4, -0.2) is 60.4 Å². The lowest BCUT2D eigenvalue weighted by Gasteiger charge is -2.27. The highest BCUT2D eigenvalue weighted by Gasteiger charge is 2.41. The number of nitrogens with one attached hydrogen (secondary N) is 2. The van der Waals surface area contributed by atoms with Gasteiger partial charge >= 0.3 is 0 Å². The molecule has 0 aliphatic carbocycles. The third-order valence-electron chi connectivity index (χ3n) is 3.86. The van der Waals surface area contributed by atoms with Crippen molar-refractivity contribution < 1.29 is 14.3 Å². The maximum atomic E-state index is 11.9. The summed E-state index contributed by atoms with van der Waals surface area (Å²) in [6.07, 6.45) is 6.39. The summed E-state index contributed by atoms with van der Waals surface area (Å²) in [6.45, 7) is 3.49. The SMILES string of the molecule is O=C(NC[C@H]1CC[C@@]2(CNCCOC2)O1)c1cnccn1. The molecule has 114 valence electrons. The first-order chi connectivity index (χ1) is 10.3. The summed E-state index contributed by atoms with van der Waals surface area (Å²) in [5.74, 6) is -0.220. The topological polar surface area (TPSA) is 85.4 Å². The predicted octanol–water partition coefficient (Wildman–Crippen LogP) is -0.256. The number of ether oxygens (including phenoxy) is 2. The molecule has 2 aliphatic heterocycles. The molecule has 21 heavy (non-hydrogen) atoms. The van der Waals surface area contributed by atoms with Crippen LogP contribution in [0.15, 0.2) is 18.6 Å². The number of aromatic nitrogens is 2. The Kier molecular flexibility index (Phi) is 4.42. The second-order valence-corrected chi connectivity index (χ2v) is 5.49. The number of nitrogens with zero attached hydrogens (tertiary/aromatic N) is 2. The largest absolute Gasteiger partial charge is 0.377 e. The first-order valence-corrected chi connectivity index (χ1v) is 7.28. The third kappa shape index (κ3) is 3.55. The average molecular weight is 292 g/mol. The Morgan fingerprint density at radius 1 is 1.52 bits per heavy atom. The average Bonchev–Trinajstić information content (AvgIpc) is 2.77. The van der Waals surface area contributed by atoms with E-state index in [0.717, 1.165) is 32.5 Å². The molecule has 3 heterocycles. The summed E-state index contributed by atoms with van der Waals surface area (Å²) < 4.78 is 11.7. The van der Waals surface area contributed by atoms with E-state index in [1.54, 1.807) is 6.20 Å². The Hall–Kier alpha value is -1.57. The van der Waals surface area contributed by atoms with Crippen LogP contribution in [-0.2, 0) is 9.47 Å². The number of hydrogen-bond acceptors (Lipinski definition) is 6. The molecule has 0 saturated carbocycles.